The molecule has 0 spiro atoms. The Hall–Kier alpha value is -3.43. The maximum atomic E-state index is 12.7. The zero-order valence-electron chi connectivity index (χ0n) is 16.4. The highest BCUT2D eigenvalue weighted by Crippen LogP contribution is 2.26. The van der Waals surface area contributed by atoms with E-state index in [0.717, 1.165) is 35.6 Å². The van der Waals surface area contributed by atoms with Gasteiger partial charge >= 0.3 is 6.03 Å². The van der Waals surface area contributed by atoms with E-state index in [-0.39, 0.29) is 6.03 Å². The lowest BCUT2D eigenvalue weighted by Crippen LogP contribution is -2.50. The average molecular weight is 388 g/mol. The van der Waals surface area contributed by atoms with Crippen molar-refractivity contribution >= 4 is 22.6 Å². The number of fused-ring (bicyclic) bond motifs is 1. The van der Waals surface area contributed by atoms with Gasteiger partial charge in [0.2, 0.25) is 0 Å². The molecule has 148 valence electrons. The molecule has 0 bridgehead atoms. The summed E-state index contributed by atoms with van der Waals surface area (Å²) in [5, 5.41) is 4.19. The van der Waals surface area contributed by atoms with Crippen LogP contribution in [-0.2, 0) is 4.74 Å². The fourth-order valence-corrected chi connectivity index (χ4v) is 3.47. The van der Waals surface area contributed by atoms with Crippen LogP contribution in [0.4, 0.5) is 10.5 Å². The first-order valence-electron chi connectivity index (χ1n) is 9.73. The number of carbonyl (C=O) groups excluding carboxylic acids is 1. The van der Waals surface area contributed by atoms with Crippen molar-refractivity contribution in [1.29, 1.82) is 0 Å². The van der Waals surface area contributed by atoms with E-state index in [1.54, 1.807) is 6.92 Å². The third-order valence-corrected chi connectivity index (χ3v) is 5.04. The van der Waals surface area contributed by atoms with Crippen molar-refractivity contribution in [2.24, 2.45) is 0 Å². The Bertz CT molecular complexity index is 1020. The summed E-state index contributed by atoms with van der Waals surface area (Å²) in [6, 6.07) is 18.1. The summed E-state index contributed by atoms with van der Waals surface area (Å²) >= 11 is 0. The number of hydrogen-bond donors (Lipinski definition) is 2. The van der Waals surface area contributed by atoms with Crippen molar-refractivity contribution in [2.45, 2.75) is 6.92 Å². The Morgan fingerprint density at radius 1 is 1.10 bits per heavy atom. The van der Waals surface area contributed by atoms with Crippen LogP contribution >= 0.6 is 0 Å². The molecule has 6 heteroatoms. The van der Waals surface area contributed by atoms with Gasteiger partial charge in [0.1, 0.15) is 6.11 Å². The van der Waals surface area contributed by atoms with Crippen LogP contribution in [0.2, 0.25) is 0 Å². The van der Waals surface area contributed by atoms with E-state index in [4.69, 9.17) is 4.74 Å². The molecule has 1 aliphatic heterocycles. The maximum Gasteiger partial charge on any atom is 0.321 e. The molecule has 1 aromatic heterocycles. The maximum absolute atomic E-state index is 12.7. The minimum absolute atomic E-state index is 0.0762. The van der Waals surface area contributed by atoms with Gasteiger partial charge in [0.25, 0.3) is 0 Å². The molecule has 4 rings (SSSR count). The molecule has 2 heterocycles. The number of piperazine rings is 1. The number of hydrogen-bond acceptors (Lipinski definition) is 3. The van der Waals surface area contributed by atoms with Crippen LogP contribution in [0.5, 0.6) is 0 Å². The number of carbonyl (C=O) groups is 1. The van der Waals surface area contributed by atoms with Crippen molar-refractivity contribution in [3.05, 3.63) is 54.6 Å². The molecular formula is C23H24N4O2. The molecule has 1 saturated heterocycles. The number of amides is 2. The topological polar surface area (TPSA) is 60.6 Å². The van der Waals surface area contributed by atoms with E-state index < -0.39 is 0 Å². The van der Waals surface area contributed by atoms with E-state index in [9.17, 15) is 4.79 Å². The molecule has 2 N–H and O–H groups in total. The Balaban J connectivity index is 1.38. The van der Waals surface area contributed by atoms with Crippen molar-refractivity contribution in [2.75, 3.05) is 38.2 Å². The second kappa shape index (κ2) is 8.72. The van der Waals surface area contributed by atoms with Crippen LogP contribution in [0.25, 0.3) is 22.2 Å². The molecule has 0 aliphatic carbocycles. The number of aromatic nitrogens is 1. The lowest BCUT2D eigenvalue weighted by molar-refractivity contribution is 0.0648. The van der Waals surface area contributed by atoms with Crippen LogP contribution in [0.1, 0.15) is 6.92 Å². The summed E-state index contributed by atoms with van der Waals surface area (Å²) < 4.78 is 5.23. The second-order valence-corrected chi connectivity index (χ2v) is 7.01. The molecule has 2 amide bonds. The van der Waals surface area contributed by atoms with E-state index in [1.165, 1.54) is 5.39 Å². The highest BCUT2D eigenvalue weighted by Gasteiger charge is 2.21. The normalized spacial score (nSPS) is 14.3. The number of urea groups is 1. The second-order valence-electron chi connectivity index (χ2n) is 7.01. The molecule has 1 aliphatic rings. The molecule has 3 aromatic rings. The van der Waals surface area contributed by atoms with Crippen LogP contribution in [0.15, 0.2) is 54.6 Å². The van der Waals surface area contributed by atoms with Crippen molar-refractivity contribution < 1.29 is 9.53 Å². The van der Waals surface area contributed by atoms with Gasteiger partial charge in [-0.15, -0.1) is 0 Å². The largest absolute Gasteiger partial charge is 0.430 e. The monoisotopic (exact) mass is 388 g/mol. The van der Waals surface area contributed by atoms with Crippen LogP contribution in [-0.4, -0.2) is 53.7 Å². The highest BCUT2D eigenvalue weighted by atomic mass is 16.5. The van der Waals surface area contributed by atoms with Crippen molar-refractivity contribution in [3.63, 3.8) is 0 Å². The number of ether oxygens (including phenoxy) is 1. The lowest BCUT2D eigenvalue weighted by Gasteiger charge is -2.33. The SMILES string of the molecule is CC#COCN1CCN(C(=O)Nc2cccc(-c3cc4ccccc4[nH]3)c2)CC1. The van der Waals surface area contributed by atoms with Gasteiger partial charge in [-0.3, -0.25) is 4.90 Å². The van der Waals surface area contributed by atoms with Gasteiger partial charge in [-0.25, -0.2) is 4.79 Å². The Labute approximate surface area is 170 Å². The zero-order chi connectivity index (χ0) is 20.1. The van der Waals surface area contributed by atoms with Crippen molar-refractivity contribution in [3.8, 4) is 23.3 Å². The molecule has 0 unspecified atom stereocenters. The predicted molar refractivity (Wildman–Crippen MR) is 115 cm³/mol. The molecule has 0 saturated carbocycles. The summed E-state index contributed by atoms with van der Waals surface area (Å²) in [5.41, 5.74) is 3.96. The van der Waals surface area contributed by atoms with Gasteiger partial charge in [0, 0.05) is 61.0 Å². The Morgan fingerprint density at radius 3 is 2.72 bits per heavy atom. The third kappa shape index (κ3) is 4.53. The summed E-state index contributed by atoms with van der Waals surface area (Å²) in [6.07, 6.45) is 2.60. The Kier molecular flexibility index (Phi) is 5.68. The minimum atomic E-state index is -0.0762. The Morgan fingerprint density at radius 2 is 1.93 bits per heavy atom. The number of H-pyrrole nitrogens is 1. The van der Waals surface area contributed by atoms with Gasteiger partial charge in [-0.2, -0.15) is 0 Å². The molecular weight excluding hydrogens is 364 g/mol. The lowest BCUT2D eigenvalue weighted by atomic mass is 10.1. The standard InChI is InChI=1S/C23H24N4O2/c1-2-14-29-17-26-10-12-27(13-11-26)23(28)24-20-8-5-7-18(15-20)22-16-19-6-3-4-9-21(19)25-22/h3-9,15-16,25H,10-13,17H2,1H3,(H,24,28). The van der Waals surface area contributed by atoms with Crippen molar-refractivity contribution in [1.82, 2.24) is 14.8 Å². The van der Waals surface area contributed by atoms with Crippen LogP contribution in [0.3, 0.4) is 0 Å². The van der Waals surface area contributed by atoms with Gasteiger partial charge in [-0.05, 0) is 24.3 Å². The number of rotatable bonds is 4. The zero-order valence-corrected chi connectivity index (χ0v) is 16.4. The molecule has 0 radical (unpaired) electrons. The van der Waals surface area contributed by atoms with Crippen LogP contribution < -0.4 is 5.32 Å². The third-order valence-electron chi connectivity index (χ3n) is 5.04. The quantitative estimate of drug-likeness (QED) is 0.666. The van der Waals surface area contributed by atoms with E-state index in [2.05, 4.69) is 45.4 Å². The van der Waals surface area contributed by atoms with E-state index in [1.807, 2.05) is 41.3 Å². The van der Waals surface area contributed by atoms with Gasteiger partial charge < -0.3 is 19.9 Å². The van der Waals surface area contributed by atoms with E-state index >= 15 is 0 Å². The van der Waals surface area contributed by atoms with Gasteiger partial charge in [-0.1, -0.05) is 36.3 Å². The average Bonchev–Trinajstić information content (AvgIpc) is 3.19. The molecule has 2 aromatic carbocycles. The molecule has 6 nitrogen and oxygen atoms in total. The number of para-hydroxylation sites is 1. The van der Waals surface area contributed by atoms with Gasteiger partial charge in [0.15, 0.2) is 6.73 Å². The number of benzene rings is 2. The number of nitrogens with one attached hydrogen (secondary N) is 2. The van der Waals surface area contributed by atoms with E-state index in [0.29, 0.717) is 19.8 Å². The van der Waals surface area contributed by atoms with Crippen LogP contribution in [0, 0.1) is 12.0 Å². The minimum Gasteiger partial charge on any atom is -0.430 e. The fraction of sp³-hybridized carbons (Fsp3) is 0.261. The summed E-state index contributed by atoms with van der Waals surface area (Å²) in [6.45, 7) is 5.09. The smallest absolute Gasteiger partial charge is 0.321 e. The first-order chi connectivity index (χ1) is 14.2. The number of anilines is 1. The summed E-state index contributed by atoms with van der Waals surface area (Å²) in [4.78, 5) is 20.1. The first kappa shape index (κ1) is 18.9. The van der Waals surface area contributed by atoms with Gasteiger partial charge in [0.05, 0.1) is 0 Å². The first-order valence-corrected chi connectivity index (χ1v) is 9.73. The fourth-order valence-electron chi connectivity index (χ4n) is 3.47. The molecule has 0 atom stereocenters. The molecule has 29 heavy (non-hydrogen) atoms. The summed E-state index contributed by atoms with van der Waals surface area (Å²) in [7, 11) is 0. The molecule has 1 fully saturated rings. The number of nitrogens with zero attached hydrogens (tertiary/aromatic N) is 2. The predicted octanol–water partition coefficient (Wildman–Crippen LogP) is 3.94. The summed E-state index contributed by atoms with van der Waals surface area (Å²) in [5.74, 6) is 2.71. The number of aromatic amines is 1. The highest BCUT2D eigenvalue weighted by molar-refractivity contribution is 5.91.